The number of carbonyl (C=O) groups is 1. The van der Waals surface area contributed by atoms with Gasteiger partial charge in [-0.15, -0.1) is 0 Å². The van der Waals surface area contributed by atoms with Crippen molar-refractivity contribution in [2.45, 2.75) is 65.3 Å². The van der Waals surface area contributed by atoms with Crippen LogP contribution in [0.2, 0.25) is 0 Å². The number of rotatable bonds is 5. The normalized spacial score (nSPS) is 23.1. The van der Waals surface area contributed by atoms with Crippen molar-refractivity contribution < 1.29 is 9.90 Å². The Bertz CT molecular complexity index is 542. The number of aliphatic hydroxyl groups excluding tert-OH is 1. The van der Waals surface area contributed by atoms with Gasteiger partial charge in [0.05, 0.1) is 6.10 Å². The number of benzene rings is 1. The summed E-state index contributed by atoms with van der Waals surface area (Å²) in [7, 11) is 0. The smallest absolute Gasteiger partial charge is 0.315 e. The molecule has 5 nitrogen and oxygen atoms in total. The Hall–Kier alpha value is -1.59. The van der Waals surface area contributed by atoms with Crippen LogP contribution in [0.5, 0.6) is 0 Å². The fraction of sp³-hybridized carbons (Fsp3) is 0.650. The molecule has 2 amide bonds. The molecular weight excluding hydrogens is 314 g/mol. The number of piperidine rings is 1. The minimum absolute atomic E-state index is 0.183. The molecule has 1 aliphatic rings. The molecule has 1 saturated heterocycles. The maximum Gasteiger partial charge on any atom is 0.315 e. The van der Waals surface area contributed by atoms with Gasteiger partial charge in [0.25, 0.3) is 0 Å². The maximum atomic E-state index is 12.1. The Morgan fingerprint density at radius 1 is 1.32 bits per heavy atom. The molecule has 0 bridgehead atoms. The van der Waals surface area contributed by atoms with Gasteiger partial charge in [-0.2, -0.15) is 0 Å². The fourth-order valence-electron chi connectivity index (χ4n) is 3.14. The molecule has 1 fully saturated rings. The van der Waals surface area contributed by atoms with Crippen molar-refractivity contribution in [3.05, 3.63) is 35.9 Å². The Balaban J connectivity index is 1.74. The van der Waals surface area contributed by atoms with Gasteiger partial charge in [-0.1, -0.05) is 51.1 Å². The molecule has 1 aliphatic heterocycles. The predicted octanol–water partition coefficient (Wildman–Crippen LogP) is 2.75. The third kappa shape index (κ3) is 6.33. The van der Waals surface area contributed by atoms with Crippen LogP contribution >= 0.6 is 0 Å². The lowest BCUT2D eigenvalue weighted by atomic mass is 9.89. The van der Waals surface area contributed by atoms with Gasteiger partial charge in [-0.3, -0.25) is 4.90 Å². The van der Waals surface area contributed by atoms with E-state index >= 15 is 0 Å². The Morgan fingerprint density at radius 2 is 2.00 bits per heavy atom. The number of aliphatic hydroxyl groups is 1. The van der Waals surface area contributed by atoms with E-state index in [1.165, 1.54) is 5.56 Å². The summed E-state index contributed by atoms with van der Waals surface area (Å²) < 4.78 is 0. The molecule has 5 heteroatoms. The van der Waals surface area contributed by atoms with Crippen LogP contribution in [0.4, 0.5) is 4.79 Å². The molecule has 25 heavy (non-hydrogen) atoms. The quantitative estimate of drug-likeness (QED) is 0.767. The molecule has 1 heterocycles. The Labute approximate surface area is 151 Å². The van der Waals surface area contributed by atoms with Gasteiger partial charge < -0.3 is 15.7 Å². The summed E-state index contributed by atoms with van der Waals surface area (Å²) >= 11 is 0. The molecular formula is C20H33N3O2. The molecule has 0 aromatic heterocycles. The largest absolute Gasteiger partial charge is 0.391 e. The lowest BCUT2D eigenvalue weighted by Crippen LogP contribution is -2.52. The van der Waals surface area contributed by atoms with Crippen molar-refractivity contribution >= 4 is 6.03 Å². The third-order valence-corrected chi connectivity index (χ3v) is 5.03. The van der Waals surface area contributed by atoms with Crippen molar-refractivity contribution in [1.82, 2.24) is 15.5 Å². The molecule has 3 atom stereocenters. The van der Waals surface area contributed by atoms with Gasteiger partial charge in [0, 0.05) is 31.7 Å². The van der Waals surface area contributed by atoms with Crippen LogP contribution in [0.15, 0.2) is 30.3 Å². The SMILES string of the molecule is CC1CC(NC(=O)NCC(O)C(C)(C)C)CCN1Cc1ccccc1. The average molecular weight is 348 g/mol. The number of carbonyl (C=O) groups excluding carboxylic acids is 1. The lowest BCUT2D eigenvalue weighted by molar-refractivity contribution is 0.0645. The van der Waals surface area contributed by atoms with Gasteiger partial charge in [0.1, 0.15) is 0 Å². The van der Waals surface area contributed by atoms with Crippen molar-refractivity contribution in [2.24, 2.45) is 5.41 Å². The molecule has 3 unspecified atom stereocenters. The Kier molecular flexibility index (Phi) is 6.85. The zero-order valence-electron chi connectivity index (χ0n) is 16.0. The zero-order chi connectivity index (χ0) is 18.4. The van der Waals surface area contributed by atoms with Crippen LogP contribution in [-0.2, 0) is 6.54 Å². The van der Waals surface area contributed by atoms with Crippen molar-refractivity contribution in [1.29, 1.82) is 0 Å². The molecule has 0 spiro atoms. The zero-order valence-corrected chi connectivity index (χ0v) is 16.0. The first-order chi connectivity index (χ1) is 11.8. The van der Waals surface area contributed by atoms with Crippen LogP contribution in [0, 0.1) is 5.41 Å². The highest BCUT2D eigenvalue weighted by atomic mass is 16.3. The molecule has 0 aliphatic carbocycles. The van der Waals surface area contributed by atoms with Gasteiger partial charge >= 0.3 is 6.03 Å². The summed E-state index contributed by atoms with van der Waals surface area (Å²) in [5.74, 6) is 0. The second-order valence-corrected chi connectivity index (χ2v) is 8.26. The second kappa shape index (κ2) is 8.68. The third-order valence-electron chi connectivity index (χ3n) is 5.03. The number of urea groups is 1. The molecule has 2 rings (SSSR count). The number of nitrogens with zero attached hydrogens (tertiary/aromatic N) is 1. The minimum Gasteiger partial charge on any atom is -0.391 e. The van der Waals surface area contributed by atoms with Crippen molar-refractivity contribution in [3.63, 3.8) is 0 Å². The maximum absolute atomic E-state index is 12.1. The van der Waals surface area contributed by atoms with Gasteiger partial charge in [0.15, 0.2) is 0 Å². The van der Waals surface area contributed by atoms with E-state index in [-0.39, 0.29) is 24.0 Å². The standard InChI is InChI=1S/C20H33N3O2/c1-15-12-17(22-19(25)21-13-18(24)20(2,3)4)10-11-23(15)14-16-8-6-5-7-9-16/h5-9,15,17-18,24H,10-14H2,1-4H3,(H2,21,22,25). The molecule has 3 N–H and O–H groups in total. The van der Waals surface area contributed by atoms with Crippen molar-refractivity contribution in [2.75, 3.05) is 13.1 Å². The van der Waals surface area contributed by atoms with Crippen molar-refractivity contribution in [3.8, 4) is 0 Å². The van der Waals surface area contributed by atoms with Crippen LogP contribution in [0.1, 0.15) is 46.1 Å². The summed E-state index contributed by atoms with van der Waals surface area (Å²) in [6.45, 7) is 10.3. The van der Waals surface area contributed by atoms with Gasteiger partial charge in [-0.05, 0) is 30.7 Å². The first-order valence-electron chi connectivity index (χ1n) is 9.26. The number of amides is 2. The summed E-state index contributed by atoms with van der Waals surface area (Å²) in [6.07, 6.45) is 1.35. The number of likely N-dealkylation sites (tertiary alicyclic amines) is 1. The molecule has 0 saturated carbocycles. The van der Waals surface area contributed by atoms with Gasteiger partial charge in [-0.25, -0.2) is 4.79 Å². The summed E-state index contributed by atoms with van der Waals surface area (Å²) in [4.78, 5) is 14.5. The highest BCUT2D eigenvalue weighted by Crippen LogP contribution is 2.20. The highest BCUT2D eigenvalue weighted by molar-refractivity contribution is 5.74. The van der Waals surface area contributed by atoms with Crippen LogP contribution in [-0.4, -0.2) is 47.3 Å². The van der Waals surface area contributed by atoms with E-state index in [0.717, 1.165) is 25.9 Å². The molecule has 1 aromatic rings. The predicted molar refractivity (Wildman–Crippen MR) is 101 cm³/mol. The van der Waals surface area contributed by atoms with Crippen LogP contribution < -0.4 is 10.6 Å². The summed E-state index contributed by atoms with van der Waals surface area (Å²) in [5, 5.41) is 15.8. The first kappa shape index (κ1) is 19.7. The second-order valence-electron chi connectivity index (χ2n) is 8.26. The highest BCUT2D eigenvalue weighted by Gasteiger charge is 2.27. The summed E-state index contributed by atoms with van der Waals surface area (Å²) in [5.41, 5.74) is 1.10. The monoisotopic (exact) mass is 347 g/mol. The van der Waals surface area contributed by atoms with Crippen LogP contribution in [0.25, 0.3) is 0 Å². The van der Waals surface area contributed by atoms with E-state index in [4.69, 9.17) is 0 Å². The number of hydrogen-bond acceptors (Lipinski definition) is 3. The van der Waals surface area contributed by atoms with E-state index in [1.54, 1.807) is 0 Å². The number of hydrogen-bond donors (Lipinski definition) is 3. The fourth-order valence-corrected chi connectivity index (χ4v) is 3.14. The number of nitrogens with one attached hydrogen (secondary N) is 2. The van der Waals surface area contributed by atoms with E-state index < -0.39 is 6.10 Å². The molecule has 0 radical (unpaired) electrons. The summed E-state index contributed by atoms with van der Waals surface area (Å²) in [6, 6.07) is 10.9. The Morgan fingerprint density at radius 3 is 2.60 bits per heavy atom. The topological polar surface area (TPSA) is 64.6 Å². The minimum atomic E-state index is -0.551. The van der Waals surface area contributed by atoms with E-state index in [1.807, 2.05) is 26.8 Å². The van der Waals surface area contributed by atoms with E-state index in [9.17, 15) is 9.90 Å². The lowest BCUT2D eigenvalue weighted by Gasteiger charge is -2.38. The molecule has 1 aromatic carbocycles. The molecule has 140 valence electrons. The van der Waals surface area contributed by atoms with E-state index in [0.29, 0.717) is 6.04 Å². The first-order valence-corrected chi connectivity index (χ1v) is 9.26. The van der Waals surface area contributed by atoms with Gasteiger partial charge in [0.2, 0.25) is 0 Å². The average Bonchev–Trinajstić information content (AvgIpc) is 2.55. The van der Waals surface area contributed by atoms with Crippen LogP contribution in [0.3, 0.4) is 0 Å². The van der Waals surface area contributed by atoms with E-state index in [2.05, 4.69) is 46.7 Å².